The number of carbonyl (C=O) groups excluding carboxylic acids is 2. The van der Waals surface area contributed by atoms with Crippen molar-refractivity contribution >= 4 is 47.7 Å². The molecule has 3 aliphatic carbocycles. The number of hydrogen-bond acceptors (Lipinski definition) is 5. The van der Waals surface area contributed by atoms with Crippen molar-refractivity contribution in [3.63, 3.8) is 0 Å². The summed E-state index contributed by atoms with van der Waals surface area (Å²) >= 11 is 7.54. The third-order valence-electron chi connectivity index (χ3n) is 9.06. The van der Waals surface area contributed by atoms with E-state index in [0.29, 0.717) is 28.2 Å². The second-order valence-corrected chi connectivity index (χ2v) is 15.0. The molecule has 4 aromatic rings. The van der Waals surface area contributed by atoms with Gasteiger partial charge in [0.25, 0.3) is 0 Å². The molecule has 0 radical (unpaired) electrons. The minimum Gasteiger partial charge on any atom is -0.289 e. The molecule has 4 aromatic carbocycles. The normalized spacial score (nSPS) is 20.8. The van der Waals surface area contributed by atoms with Gasteiger partial charge in [-0.3, -0.25) is 9.59 Å². The smallest absolute Gasteiger partial charge is 0.195 e. The van der Waals surface area contributed by atoms with Crippen molar-refractivity contribution in [3.05, 3.63) is 148 Å². The summed E-state index contributed by atoms with van der Waals surface area (Å²) in [6.45, 7) is 2.37. The molecule has 0 aliphatic heterocycles. The number of rotatable bonds is 6. The molecule has 1 fully saturated rings. The lowest BCUT2D eigenvalue weighted by Gasteiger charge is -2.26. The molecule has 2 nitrogen and oxygen atoms in total. The molecule has 7 rings (SSSR count). The van der Waals surface area contributed by atoms with E-state index in [1.165, 1.54) is 65.9 Å². The Balaban J connectivity index is 1.11. The van der Waals surface area contributed by atoms with E-state index in [0.717, 1.165) is 25.5 Å². The van der Waals surface area contributed by atoms with Crippen molar-refractivity contribution in [1.82, 2.24) is 0 Å². The second-order valence-electron chi connectivity index (χ2n) is 12.1. The van der Waals surface area contributed by atoms with E-state index in [-0.39, 0.29) is 16.8 Å². The van der Waals surface area contributed by atoms with E-state index in [4.69, 9.17) is 0 Å². The Hall–Kier alpha value is -3.51. The van der Waals surface area contributed by atoms with Crippen LogP contribution in [0, 0.1) is 5.92 Å². The molecule has 45 heavy (non-hydrogen) atoms. The molecule has 0 bridgehead atoms. The third-order valence-corrected chi connectivity index (χ3v) is 11.5. The lowest BCUT2D eigenvalue weighted by molar-refractivity contribution is 0.0974. The van der Waals surface area contributed by atoms with Crippen LogP contribution in [-0.2, 0) is 0 Å². The maximum absolute atomic E-state index is 14.0. The van der Waals surface area contributed by atoms with Crippen molar-refractivity contribution in [2.75, 3.05) is 0 Å². The summed E-state index contributed by atoms with van der Waals surface area (Å²) in [7, 11) is 0. The Bertz CT molecular complexity index is 1860. The number of carbonyl (C=O) groups is 2. The van der Waals surface area contributed by atoms with E-state index in [9.17, 15) is 9.59 Å². The topological polar surface area (TPSA) is 34.1 Å². The fourth-order valence-electron chi connectivity index (χ4n) is 6.50. The Kier molecular flexibility index (Phi) is 8.76. The standard InChI is InChI=1S/C40H34O2S3/c1-25-11-13-26(14-12-25)27-15-17-28(18-16-27)29-19-22-32(23-20-29)45-36-10-4-8-34-38(36)40(42)33-7-3-9-35(37(33)39(34)41)44-31-6-2-5-30(43)21-24-31/h2-10,15-26,30,43H,11-14H2,1H3. The average molecular weight is 643 g/mol. The fourth-order valence-corrected chi connectivity index (χ4v) is 8.67. The second kappa shape index (κ2) is 13.1. The molecular weight excluding hydrogens is 609 g/mol. The van der Waals surface area contributed by atoms with Gasteiger partial charge in [-0.05, 0) is 71.7 Å². The van der Waals surface area contributed by atoms with Crippen molar-refractivity contribution in [2.24, 2.45) is 5.92 Å². The van der Waals surface area contributed by atoms with Crippen LogP contribution in [0.3, 0.4) is 0 Å². The highest BCUT2D eigenvalue weighted by Gasteiger charge is 2.34. The molecule has 0 heterocycles. The summed E-state index contributed by atoms with van der Waals surface area (Å²) in [6, 6.07) is 28.8. The third kappa shape index (κ3) is 6.31. The summed E-state index contributed by atoms with van der Waals surface area (Å²) in [4.78, 5) is 31.5. The minimum absolute atomic E-state index is 0.0490. The highest BCUT2D eigenvalue weighted by Crippen LogP contribution is 2.42. The zero-order chi connectivity index (χ0) is 30.9. The van der Waals surface area contributed by atoms with Crippen LogP contribution in [0.5, 0.6) is 0 Å². The first kappa shape index (κ1) is 30.2. The first-order valence-corrected chi connectivity index (χ1v) is 17.8. The molecule has 1 atom stereocenters. The van der Waals surface area contributed by atoms with Gasteiger partial charge >= 0.3 is 0 Å². The van der Waals surface area contributed by atoms with Gasteiger partial charge in [0.05, 0.1) is 0 Å². The number of benzene rings is 4. The molecule has 0 N–H and O–H groups in total. The molecule has 5 heteroatoms. The molecule has 0 aromatic heterocycles. The maximum Gasteiger partial charge on any atom is 0.195 e. The van der Waals surface area contributed by atoms with E-state index >= 15 is 0 Å². The number of fused-ring (bicyclic) bond motifs is 2. The van der Waals surface area contributed by atoms with Gasteiger partial charge in [-0.15, -0.1) is 0 Å². The number of hydrogen-bond donors (Lipinski definition) is 1. The van der Waals surface area contributed by atoms with Gasteiger partial charge in [0.15, 0.2) is 11.6 Å². The van der Waals surface area contributed by atoms with E-state index < -0.39 is 0 Å². The maximum atomic E-state index is 14.0. The summed E-state index contributed by atoms with van der Waals surface area (Å²) in [5, 5.41) is 0.0490. The monoisotopic (exact) mass is 642 g/mol. The zero-order valence-corrected chi connectivity index (χ0v) is 27.6. The average Bonchev–Trinajstić information content (AvgIpc) is 3.27. The van der Waals surface area contributed by atoms with Crippen LogP contribution in [0.15, 0.2) is 135 Å². The van der Waals surface area contributed by atoms with E-state index in [2.05, 4.69) is 68.1 Å². The Labute approximate surface area is 279 Å². The predicted molar refractivity (Wildman–Crippen MR) is 191 cm³/mol. The summed E-state index contributed by atoms with van der Waals surface area (Å²) in [5.74, 6) is 1.34. The Morgan fingerprint density at radius 1 is 0.667 bits per heavy atom. The van der Waals surface area contributed by atoms with Crippen molar-refractivity contribution in [1.29, 1.82) is 0 Å². The summed E-state index contributed by atoms with van der Waals surface area (Å²) < 4.78 is 0. The highest BCUT2D eigenvalue weighted by molar-refractivity contribution is 8.03. The Morgan fingerprint density at radius 3 is 1.87 bits per heavy atom. The van der Waals surface area contributed by atoms with Crippen LogP contribution < -0.4 is 0 Å². The first-order chi connectivity index (χ1) is 21.9. The molecule has 1 saturated carbocycles. The first-order valence-electron chi connectivity index (χ1n) is 15.6. The summed E-state index contributed by atoms with van der Waals surface area (Å²) in [6.07, 6.45) is 15.2. The highest BCUT2D eigenvalue weighted by atomic mass is 32.2. The van der Waals surface area contributed by atoms with Gasteiger partial charge in [-0.2, -0.15) is 12.6 Å². The largest absolute Gasteiger partial charge is 0.289 e. The SMILES string of the molecule is CC1CCC(c2ccc(-c3ccc(Sc4cccc5c4C(=O)c4cccc(SC6=CC=CC(S)C=C6)c4C5=O)cc3)cc2)CC1. The van der Waals surface area contributed by atoms with Crippen molar-refractivity contribution < 1.29 is 9.59 Å². The van der Waals surface area contributed by atoms with Crippen LogP contribution in [0.4, 0.5) is 0 Å². The zero-order valence-electron chi connectivity index (χ0n) is 25.1. The molecule has 0 amide bonds. The number of ketones is 2. The number of allylic oxidation sites excluding steroid dienone is 3. The quantitative estimate of drug-likeness (QED) is 0.187. The van der Waals surface area contributed by atoms with Crippen LogP contribution in [0.1, 0.15) is 75.9 Å². The molecule has 224 valence electrons. The van der Waals surface area contributed by atoms with Gasteiger partial charge in [0.1, 0.15) is 0 Å². The van der Waals surface area contributed by atoms with Crippen molar-refractivity contribution in [2.45, 2.75) is 58.5 Å². The number of thioether (sulfide) groups is 1. The van der Waals surface area contributed by atoms with Crippen molar-refractivity contribution in [3.8, 4) is 11.1 Å². The molecule has 0 saturated heterocycles. The fraction of sp³-hybridized carbons (Fsp3) is 0.200. The van der Waals surface area contributed by atoms with Gasteiger partial charge in [0.2, 0.25) is 0 Å². The summed E-state index contributed by atoms with van der Waals surface area (Å²) in [5.41, 5.74) is 5.75. The van der Waals surface area contributed by atoms with Gasteiger partial charge < -0.3 is 0 Å². The van der Waals surface area contributed by atoms with Gasteiger partial charge in [0, 0.05) is 47.1 Å². The molecule has 3 aliphatic rings. The number of thiol groups is 1. The molecular formula is C40H34O2S3. The minimum atomic E-state index is -0.104. The van der Waals surface area contributed by atoms with Gasteiger partial charge in [-0.1, -0.05) is 128 Å². The van der Waals surface area contributed by atoms with Crippen LogP contribution in [0.2, 0.25) is 0 Å². The van der Waals surface area contributed by atoms with E-state index in [1.807, 2.05) is 54.6 Å². The van der Waals surface area contributed by atoms with Crippen LogP contribution in [-0.4, -0.2) is 16.8 Å². The Morgan fingerprint density at radius 2 is 1.24 bits per heavy atom. The molecule has 0 spiro atoms. The lowest BCUT2D eigenvalue weighted by atomic mass is 9.79. The van der Waals surface area contributed by atoms with Gasteiger partial charge in [-0.25, -0.2) is 0 Å². The van der Waals surface area contributed by atoms with E-state index in [1.54, 1.807) is 12.1 Å². The molecule has 1 unspecified atom stereocenters. The van der Waals surface area contributed by atoms with Crippen LogP contribution in [0.25, 0.3) is 11.1 Å². The van der Waals surface area contributed by atoms with Crippen LogP contribution >= 0.6 is 36.2 Å². The lowest BCUT2D eigenvalue weighted by Crippen LogP contribution is -2.22. The predicted octanol–water partition coefficient (Wildman–Crippen LogP) is 11.0.